The van der Waals surface area contributed by atoms with Crippen molar-refractivity contribution in [3.05, 3.63) is 68.7 Å². The fraction of sp³-hybridized carbons (Fsp3) is 0. The van der Waals surface area contributed by atoms with Crippen molar-refractivity contribution in [3.8, 4) is 0 Å². The lowest BCUT2D eigenvalue weighted by atomic mass is 10.0. The molecule has 0 fully saturated rings. The normalized spacial score (nSPS) is 10.8. The Morgan fingerprint density at radius 1 is 1.05 bits per heavy atom. The average Bonchev–Trinajstić information content (AvgIpc) is 2.83. The quantitative estimate of drug-likeness (QED) is 0.630. The summed E-state index contributed by atoms with van der Waals surface area (Å²) in [4.78, 5) is 15.7. The highest BCUT2D eigenvalue weighted by molar-refractivity contribution is 9.11. The van der Waals surface area contributed by atoms with Gasteiger partial charge in [-0.15, -0.1) is 0 Å². The number of ketones is 1. The summed E-state index contributed by atoms with van der Waals surface area (Å²) in [6.07, 6.45) is 1.76. The number of rotatable bonds is 2. The van der Waals surface area contributed by atoms with Gasteiger partial charge in [0.1, 0.15) is 0 Å². The van der Waals surface area contributed by atoms with Gasteiger partial charge in [0.25, 0.3) is 0 Å². The molecule has 2 aromatic carbocycles. The molecule has 0 unspecified atom stereocenters. The average molecular weight is 379 g/mol. The van der Waals surface area contributed by atoms with Crippen LogP contribution in [-0.2, 0) is 0 Å². The first-order valence-corrected chi connectivity index (χ1v) is 7.31. The molecular weight excluding hydrogens is 370 g/mol. The standard InChI is InChI=1S/C15H9Br2NO/c16-10-4-1-3-9(7-10)15(19)11-8-18-13-6-2-5-12(17)14(11)13/h1-8,18H. The minimum absolute atomic E-state index is 0.0134. The number of carbonyl (C=O) groups is 1. The van der Waals surface area contributed by atoms with Gasteiger partial charge in [0.05, 0.1) is 0 Å². The van der Waals surface area contributed by atoms with Crippen molar-refractivity contribution >= 4 is 48.5 Å². The van der Waals surface area contributed by atoms with E-state index < -0.39 is 0 Å². The van der Waals surface area contributed by atoms with Gasteiger partial charge in [-0.2, -0.15) is 0 Å². The van der Waals surface area contributed by atoms with Crippen LogP contribution in [0.25, 0.3) is 10.9 Å². The number of aromatic amines is 1. The van der Waals surface area contributed by atoms with Crippen molar-refractivity contribution in [1.82, 2.24) is 4.98 Å². The lowest BCUT2D eigenvalue weighted by molar-refractivity contribution is 0.104. The monoisotopic (exact) mass is 377 g/mol. The zero-order valence-corrected chi connectivity index (χ0v) is 13.0. The van der Waals surface area contributed by atoms with Gasteiger partial charge in [0, 0.05) is 37.2 Å². The second kappa shape index (κ2) is 4.94. The zero-order valence-electron chi connectivity index (χ0n) is 9.78. The molecular formula is C15H9Br2NO. The van der Waals surface area contributed by atoms with E-state index in [0.717, 1.165) is 19.8 Å². The molecule has 3 aromatic rings. The first-order valence-electron chi connectivity index (χ1n) is 5.72. The van der Waals surface area contributed by atoms with Crippen LogP contribution in [0.3, 0.4) is 0 Å². The summed E-state index contributed by atoms with van der Waals surface area (Å²) in [5, 5.41) is 0.924. The summed E-state index contributed by atoms with van der Waals surface area (Å²) in [6.45, 7) is 0. The van der Waals surface area contributed by atoms with E-state index in [9.17, 15) is 4.79 Å². The van der Waals surface area contributed by atoms with Gasteiger partial charge < -0.3 is 4.98 Å². The summed E-state index contributed by atoms with van der Waals surface area (Å²) in [7, 11) is 0. The number of nitrogens with one attached hydrogen (secondary N) is 1. The lowest BCUT2D eigenvalue weighted by Gasteiger charge is -2.02. The molecule has 2 nitrogen and oxygen atoms in total. The first-order chi connectivity index (χ1) is 9.16. The predicted octanol–water partition coefficient (Wildman–Crippen LogP) is 4.92. The van der Waals surface area contributed by atoms with Crippen LogP contribution in [0, 0.1) is 0 Å². The minimum atomic E-state index is 0.0134. The number of hydrogen-bond donors (Lipinski definition) is 1. The van der Waals surface area contributed by atoms with Crippen LogP contribution >= 0.6 is 31.9 Å². The van der Waals surface area contributed by atoms with E-state index in [4.69, 9.17) is 0 Å². The van der Waals surface area contributed by atoms with Gasteiger partial charge in [0.15, 0.2) is 5.78 Å². The summed E-state index contributed by atoms with van der Waals surface area (Å²) in [5.41, 5.74) is 2.30. The number of H-pyrrole nitrogens is 1. The van der Waals surface area contributed by atoms with Crippen LogP contribution in [0.15, 0.2) is 57.6 Å². The molecule has 0 atom stereocenters. The Balaban J connectivity index is 2.17. The molecule has 0 amide bonds. The molecule has 3 rings (SSSR count). The number of benzene rings is 2. The SMILES string of the molecule is O=C(c1cccc(Br)c1)c1c[nH]c2cccc(Br)c12. The number of halogens is 2. The van der Waals surface area contributed by atoms with Gasteiger partial charge in [-0.25, -0.2) is 0 Å². The van der Waals surface area contributed by atoms with Crippen LogP contribution in [0.4, 0.5) is 0 Å². The maximum atomic E-state index is 12.6. The summed E-state index contributed by atoms with van der Waals surface area (Å²) in [6, 6.07) is 13.3. The molecule has 0 aliphatic heterocycles. The number of carbonyl (C=O) groups excluding carboxylic acids is 1. The van der Waals surface area contributed by atoms with E-state index in [1.165, 1.54) is 0 Å². The number of hydrogen-bond acceptors (Lipinski definition) is 1. The van der Waals surface area contributed by atoms with Crippen LogP contribution in [-0.4, -0.2) is 10.8 Å². The molecule has 4 heteroatoms. The minimum Gasteiger partial charge on any atom is -0.360 e. The van der Waals surface area contributed by atoms with Crippen molar-refractivity contribution in [2.24, 2.45) is 0 Å². The molecule has 1 aromatic heterocycles. The smallest absolute Gasteiger partial charge is 0.195 e. The molecule has 19 heavy (non-hydrogen) atoms. The summed E-state index contributed by atoms with van der Waals surface area (Å²) >= 11 is 6.89. The van der Waals surface area contributed by atoms with Crippen molar-refractivity contribution in [2.75, 3.05) is 0 Å². The Labute approximate surface area is 127 Å². The van der Waals surface area contributed by atoms with E-state index >= 15 is 0 Å². The van der Waals surface area contributed by atoms with Crippen LogP contribution in [0.5, 0.6) is 0 Å². The largest absolute Gasteiger partial charge is 0.360 e. The van der Waals surface area contributed by atoms with Gasteiger partial charge >= 0.3 is 0 Å². The van der Waals surface area contributed by atoms with Gasteiger partial charge in [-0.05, 0) is 24.3 Å². The van der Waals surface area contributed by atoms with Crippen molar-refractivity contribution in [3.63, 3.8) is 0 Å². The topological polar surface area (TPSA) is 32.9 Å². The van der Waals surface area contributed by atoms with E-state index in [2.05, 4.69) is 36.8 Å². The van der Waals surface area contributed by atoms with Crippen molar-refractivity contribution < 1.29 is 4.79 Å². The molecule has 0 saturated carbocycles. The third-order valence-corrected chi connectivity index (χ3v) is 4.14. The number of aromatic nitrogens is 1. The Bertz CT molecular complexity index is 777. The van der Waals surface area contributed by atoms with E-state index in [0.29, 0.717) is 11.1 Å². The zero-order chi connectivity index (χ0) is 13.4. The molecule has 0 spiro atoms. The maximum absolute atomic E-state index is 12.6. The highest BCUT2D eigenvalue weighted by Gasteiger charge is 2.16. The van der Waals surface area contributed by atoms with Crippen LogP contribution in [0.1, 0.15) is 15.9 Å². The van der Waals surface area contributed by atoms with Crippen LogP contribution < -0.4 is 0 Å². The molecule has 94 valence electrons. The summed E-state index contributed by atoms with van der Waals surface area (Å²) in [5.74, 6) is 0.0134. The number of fused-ring (bicyclic) bond motifs is 1. The third kappa shape index (κ3) is 2.26. The maximum Gasteiger partial charge on any atom is 0.195 e. The van der Waals surface area contributed by atoms with Crippen molar-refractivity contribution in [1.29, 1.82) is 0 Å². The highest BCUT2D eigenvalue weighted by atomic mass is 79.9. The third-order valence-electron chi connectivity index (χ3n) is 2.99. The Kier molecular flexibility index (Phi) is 3.29. The fourth-order valence-corrected chi connectivity index (χ4v) is 3.08. The van der Waals surface area contributed by atoms with Crippen molar-refractivity contribution in [2.45, 2.75) is 0 Å². The molecule has 0 radical (unpaired) electrons. The van der Waals surface area contributed by atoms with E-state index in [-0.39, 0.29) is 5.78 Å². The van der Waals surface area contributed by atoms with E-state index in [1.807, 2.05) is 42.5 Å². The highest BCUT2D eigenvalue weighted by Crippen LogP contribution is 2.28. The molecule has 1 N–H and O–H groups in total. The van der Waals surface area contributed by atoms with Gasteiger partial charge in [-0.3, -0.25) is 4.79 Å². The Hall–Kier alpha value is -1.39. The van der Waals surface area contributed by atoms with E-state index in [1.54, 1.807) is 6.20 Å². The molecule has 0 aliphatic rings. The summed E-state index contributed by atoms with van der Waals surface area (Å²) < 4.78 is 1.82. The molecule has 0 aliphatic carbocycles. The molecule has 0 saturated heterocycles. The molecule has 0 bridgehead atoms. The Morgan fingerprint density at radius 3 is 2.63 bits per heavy atom. The van der Waals surface area contributed by atoms with Gasteiger partial charge in [0.2, 0.25) is 0 Å². The first kappa shape index (κ1) is 12.6. The second-order valence-electron chi connectivity index (χ2n) is 4.20. The van der Waals surface area contributed by atoms with Crippen LogP contribution in [0.2, 0.25) is 0 Å². The second-order valence-corrected chi connectivity index (χ2v) is 5.97. The predicted molar refractivity (Wildman–Crippen MR) is 83.6 cm³/mol. The molecule has 1 heterocycles. The van der Waals surface area contributed by atoms with Gasteiger partial charge in [-0.1, -0.05) is 50.1 Å². The fourth-order valence-electron chi connectivity index (χ4n) is 2.10. The lowest BCUT2D eigenvalue weighted by Crippen LogP contribution is -2.00. The Morgan fingerprint density at radius 2 is 1.84 bits per heavy atom.